The summed E-state index contributed by atoms with van der Waals surface area (Å²) in [6.07, 6.45) is 1.12. The van der Waals surface area contributed by atoms with Crippen LogP contribution in [0.15, 0.2) is 30.3 Å². The number of hydrogen-bond donors (Lipinski definition) is 1. The van der Waals surface area contributed by atoms with Gasteiger partial charge in [-0.25, -0.2) is 0 Å². The Labute approximate surface area is 117 Å². The van der Waals surface area contributed by atoms with Crippen molar-refractivity contribution in [3.63, 3.8) is 0 Å². The van der Waals surface area contributed by atoms with Gasteiger partial charge in [0.25, 0.3) is 0 Å². The van der Waals surface area contributed by atoms with Crippen molar-refractivity contribution < 1.29 is 0 Å². The summed E-state index contributed by atoms with van der Waals surface area (Å²) in [7, 11) is 2.21. The summed E-state index contributed by atoms with van der Waals surface area (Å²) in [5, 5.41) is 0. The van der Waals surface area contributed by atoms with Crippen LogP contribution in [-0.2, 0) is 6.42 Å². The highest BCUT2D eigenvalue weighted by atomic mass is 15.2. The minimum Gasteiger partial charge on any atom is -0.329 e. The third-order valence-electron chi connectivity index (χ3n) is 4.01. The molecule has 1 aliphatic rings. The van der Waals surface area contributed by atoms with Crippen LogP contribution < -0.4 is 5.73 Å². The van der Waals surface area contributed by atoms with Crippen LogP contribution in [0.5, 0.6) is 0 Å². The lowest BCUT2D eigenvalue weighted by Gasteiger charge is -2.30. The molecule has 3 nitrogen and oxygen atoms in total. The first-order valence-corrected chi connectivity index (χ1v) is 7.35. The van der Waals surface area contributed by atoms with E-state index in [9.17, 15) is 0 Å². The van der Waals surface area contributed by atoms with Crippen LogP contribution >= 0.6 is 0 Å². The van der Waals surface area contributed by atoms with Crippen molar-refractivity contribution in [1.82, 2.24) is 9.80 Å². The zero-order valence-corrected chi connectivity index (χ0v) is 12.3. The SMILES string of the molecule is CC1CN(C)CC(CN)N(CCc2ccccc2)C1. The van der Waals surface area contributed by atoms with Crippen molar-refractivity contribution in [2.75, 3.05) is 39.8 Å². The number of nitrogens with two attached hydrogens (primary N) is 1. The highest BCUT2D eigenvalue weighted by Crippen LogP contribution is 2.13. The van der Waals surface area contributed by atoms with E-state index >= 15 is 0 Å². The molecule has 1 heterocycles. The Morgan fingerprint density at radius 2 is 1.89 bits per heavy atom. The Morgan fingerprint density at radius 1 is 1.16 bits per heavy atom. The minimum absolute atomic E-state index is 0.499. The molecule has 19 heavy (non-hydrogen) atoms. The zero-order valence-electron chi connectivity index (χ0n) is 12.3. The smallest absolute Gasteiger partial charge is 0.0345 e. The molecule has 2 atom stereocenters. The standard InChI is InChI=1S/C16H27N3/c1-14-11-18(2)13-16(10-17)19(12-14)9-8-15-6-4-3-5-7-15/h3-7,14,16H,8-13,17H2,1-2H3. The molecule has 2 unspecified atom stereocenters. The normalized spacial score (nSPS) is 26.3. The molecule has 3 heteroatoms. The molecule has 0 saturated carbocycles. The van der Waals surface area contributed by atoms with E-state index in [2.05, 4.69) is 54.1 Å². The summed E-state index contributed by atoms with van der Waals surface area (Å²) in [6.45, 7) is 7.65. The van der Waals surface area contributed by atoms with Gasteiger partial charge in [-0.2, -0.15) is 0 Å². The van der Waals surface area contributed by atoms with Gasteiger partial charge in [-0.15, -0.1) is 0 Å². The van der Waals surface area contributed by atoms with Crippen molar-refractivity contribution >= 4 is 0 Å². The quantitative estimate of drug-likeness (QED) is 0.890. The van der Waals surface area contributed by atoms with Gasteiger partial charge in [0.05, 0.1) is 0 Å². The lowest BCUT2D eigenvalue weighted by Crippen LogP contribution is -2.46. The highest BCUT2D eigenvalue weighted by Gasteiger charge is 2.25. The van der Waals surface area contributed by atoms with Crippen molar-refractivity contribution in [1.29, 1.82) is 0 Å². The van der Waals surface area contributed by atoms with Gasteiger partial charge in [0.1, 0.15) is 0 Å². The third kappa shape index (κ3) is 4.30. The molecule has 0 aliphatic carbocycles. The van der Waals surface area contributed by atoms with Gasteiger partial charge in [0, 0.05) is 38.8 Å². The van der Waals surface area contributed by atoms with Gasteiger partial charge in [-0.05, 0) is 24.9 Å². The van der Waals surface area contributed by atoms with Crippen molar-refractivity contribution in [3.05, 3.63) is 35.9 Å². The average Bonchev–Trinajstić information content (AvgIpc) is 2.55. The Morgan fingerprint density at radius 3 is 2.58 bits per heavy atom. The van der Waals surface area contributed by atoms with Crippen LogP contribution in [0.4, 0.5) is 0 Å². The van der Waals surface area contributed by atoms with E-state index in [0.717, 1.165) is 32.0 Å². The third-order valence-corrected chi connectivity index (χ3v) is 4.01. The molecular weight excluding hydrogens is 234 g/mol. The van der Waals surface area contributed by atoms with Crippen LogP contribution in [0, 0.1) is 5.92 Å². The molecule has 0 bridgehead atoms. The van der Waals surface area contributed by atoms with Crippen LogP contribution in [0.2, 0.25) is 0 Å². The highest BCUT2D eigenvalue weighted by molar-refractivity contribution is 5.14. The monoisotopic (exact) mass is 261 g/mol. The summed E-state index contributed by atoms with van der Waals surface area (Å²) in [6, 6.07) is 11.2. The second kappa shape index (κ2) is 7.04. The van der Waals surface area contributed by atoms with E-state index in [1.807, 2.05) is 0 Å². The minimum atomic E-state index is 0.499. The fourth-order valence-corrected chi connectivity index (χ4v) is 3.10. The fraction of sp³-hybridized carbons (Fsp3) is 0.625. The Balaban J connectivity index is 1.95. The van der Waals surface area contributed by atoms with E-state index in [1.54, 1.807) is 0 Å². The lowest BCUT2D eigenvalue weighted by molar-refractivity contribution is 0.189. The maximum absolute atomic E-state index is 5.97. The number of nitrogens with zero attached hydrogens (tertiary/aromatic N) is 2. The summed E-state index contributed by atoms with van der Waals surface area (Å²) in [5.74, 6) is 0.720. The molecule has 2 N–H and O–H groups in total. The fourth-order valence-electron chi connectivity index (χ4n) is 3.10. The first kappa shape index (κ1) is 14.5. The molecule has 1 fully saturated rings. The van der Waals surface area contributed by atoms with Crippen LogP contribution in [0.25, 0.3) is 0 Å². The predicted molar refractivity (Wildman–Crippen MR) is 81.2 cm³/mol. The topological polar surface area (TPSA) is 32.5 Å². The van der Waals surface area contributed by atoms with Crippen molar-refractivity contribution in [2.24, 2.45) is 11.7 Å². The number of likely N-dealkylation sites (N-methyl/N-ethyl adjacent to an activating group) is 1. The van der Waals surface area contributed by atoms with Crippen LogP contribution in [0.1, 0.15) is 12.5 Å². The van der Waals surface area contributed by atoms with Crippen LogP contribution in [-0.4, -0.2) is 55.6 Å². The van der Waals surface area contributed by atoms with Gasteiger partial charge in [-0.1, -0.05) is 37.3 Å². The van der Waals surface area contributed by atoms with E-state index < -0.39 is 0 Å². The molecule has 1 aromatic carbocycles. The largest absolute Gasteiger partial charge is 0.329 e. The first-order valence-electron chi connectivity index (χ1n) is 7.35. The Bertz CT molecular complexity index is 366. The molecule has 106 valence electrons. The molecular formula is C16H27N3. The molecule has 2 rings (SSSR count). The Hall–Kier alpha value is -0.900. The molecule has 0 aromatic heterocycles. The molecule has 1 saturated heterocycles. The summed E-state index contributed by atoms with van der Waals surface area (Å²) in [4.78, 5) is 5.01. The molecule has 0 radical (unpaired) electrons. The second-order valence-corrected chi connectivity index (χ2v) is 5.95. The summed E-state index contributed by atoms with van der Waals surface area (Å²) in [5.41, 5.74) is 7.39. The predicted octanol–water partition coefficient (Wildman–Crippen LogP) is 1.44. The van der Waals surface area contributed by atoms with Crippen molar-refractivity contribution in [2.45, 2.75) is 19.4 Å². The van der Waals surface area contributed by atoms with Gasteiger partial charge >= 0.3 is 0 Å². The van der Waals surface area contributed by atoms with Crippen molar-refractivity contribution in [3.8, 4) is 0 Å². The molecule has 1 aromatic rings. The van der Waals surface area contributed by atoms with Gasteiger partial charge in [-0.3, -0.25) is 4.90 Å². The summed E-state index contributed by atoms with van der Waals surface area (Å²) < 4.78 is 0. The number of benzene rings is 1. The maximum atomic E-state index is 5.97. The Kier molecular flexibility index (Phi) is 5.37. The zero-order chi connectivity index (χ0) is 13.7. The van der Waals surface area contributed by atoms with Gasteiger partial charge in [0.2, 0.25) is 0 Å². The number of rotatable bonds is 4. The molecule has 0 spiro atoms. The second-order valence-electron chi connectivity index (χ2n) is 5.95. The van der Waals surface area contributed by atoms with E-state index in [4.69, 9.17) is 5.73 Å². The van der Waals surface area contributed by atoms with E-state index in [0.29, 0.717) is 6.04 Å². The van der Waals surface area contributed by atoms with E-state index in [1.165, 1.54) is 18.7 Å². The summed E-state index contributed by atoms with van der Waals surface area (Å²) >= 11 is 0. The maximum Gasteiger partial charge on any atom is 0.0345 e. The first-order chi connectivity index (χ1) is 9.19. The average molecular weight is 261 g/mol. The van der Waals surface area contributed by atoms with E-state index in [-0.39, 0.29) is 0 Å². The lowest BCUT2D eigenvalue weighted by atomic mass is 10.1. The molecule has 1 aliphatic heterocycles. The van der Waals surface area contributed by atoms with Gasteiger partial charge in [0.15, 0.2) is 0 Å². The van der Waals surface area contributed by atoms with Gasteiger partial charge < -0.3 is 10.6 Å². The van der Waals surface area contributed by atoms with Crippen LogP contribution in [0.3, 0.4) is 0 Å². The molecule has 0 amide bonds. The number of hydrogen-bond acceptors (Lipinski definition) is 3.